The van der Waals surface area contributed by atoms with Gasteiger partial charge in [0.1, 0.15) is 17.1 Å². The molecule has 0 saturated heterocycles. The van der Waals surface area contributed by atoms with Gasteiger partial charge in [0.15, 0.2) is 11.5 Å². The topological polar surface area (TPSA) is 98.7 Å². The molecule has 0 radical (unpaired) electrons. The van der Waals surface area contributed by atoms with Gasteiger partial charge in [0.25, 0.3) is 5.91 Å². The van der Waals surface area contributed by atoms with Gasteiger partial charge in [-0.15, -0.1) is 0 Å². The average molecular weight is 470 g/mol. The number of aryl methyl sites for hydroxylation is 1. The molecule has 0 aliphatic carbocycles. The molecule has 2 aromatic carbocycles. The van der Waals surface area contributed by atoms with Crippen molar-refractivity contribution in [3.63, 3.8) is 0 Å². The standard InChI is InChI=1S/C25H28ClN3O4/c1-4-6-7-10-29-24(15-8-9-18(30)20(12-15)33-5-2)21-22(27-28-23(21)25(29)32)16-13-17(26)14(3)11-19(16)31/h8-9,11-13,24,30-31H,4-7,10H2,1-3H3,(H,27,28). The Hall–Kier alpha value is -3.19. The van der Waals surface area contributed by atoms with Crippen molar-refractivity contribution in [2.24, 2.45) is 0 Å². The van der Waals surface area contributed by atoms with E-state index in [0.29, 0.717) is 46.4 Å². The molecule has 4 rings (SSSR count). The number of ether oxygens (including phenoxy) is 1. The maximum atomic E-state index is 13.4. The number of halogens is 1. The molecular formula is C25H28ClN3O4. The minimum absolute atomic E-state index is 0.0399. The number of hydrogen-bond acceptors (Lipinski definition) is 5. The number of phenolic OH excluding ortho intramolecular Hbond substituents is 2. The predicted octanol–water partition coefficient (Wildman–Crippen LogP) is 5.58. The van der Waals surface area contributed by atoms with Crippen molar-refractivity contribution in [2.75, 3.05) is 13.2 Å². The van der Waals surface area contributed by atoms with Gasteiger partial charge in [0.05, 0.1) is 12.6 Å². The highest BCUT2D eigenvalue weighted by atomic mass is 35.5. The van der Waals surface area contributed by atoms with Crippen LogP contribution in [0, 0.1) is 6.92 Å². The number of nitrogens with one attached hydrogen (secondary N) is 1. The predicted molar refractivity (Wildman–Crippen MR) is 127 cm³/mol. The minimum atomic E-state index is -0.447. The molecule has 0 spiro atoms. The summed E-state index contributed by atoms with van der Waals surface area (Å²) in [5, 5.41) is 28.7. The maximum Gasteiger partial charge on any atom is 0.273 e. The van der Waals surface area contributed by atoms with E-state index in [2.05, 4.69) is 17.1 Å². The van der Waals surface area contributed by atoms with Gasteiger partial charge < -0.3 is 19.8 Å². The fourth-order valence-corrected chi connectivity index (χ4v) is 4.50. The van der Waals surface area contributed by atoms with Gasteiger partial charge in [-0.05, 0) is 55.7 Å². The third-order valence-corrected chi connectivity index (χ3v) is 6.41. The van der Waals surface area contributed by atoms with E-state index in [9.17, 15) is 15.0 Å². The van der Waals surface area contributed by atoms with Gasteiger partial charge in [0.2, 0.25) is 0 Å². The molecule has 1 amide bonds. The summed E-state index contributed by atoms with van der Waals surface area (Å²) < 4.78 is 5.60. The first-order valence-electron chi connectivity index (χ1n) is 11.2. The highest BCUT2D eigenvalue weighted by Gasteiger charge is 2.42. The number of H-pyrrole nitrogens is 1. The van der Waals surface area contributed by atoms with Gasteiger partial charge in [-0.3, -0.25) is 9.89 Å². The van der Waals surface area contributed by atoms with Crippen LogP contribution in [0.3, 0.4) is 0 Å². The first kappa shape index (κ1) is 23.0. The van der Waals surface area contributed by atoms with Crippen LogP contribution >= 0.6 is 11.6 Å². The Bertz CT molecular complexity index is 1190. The highest BCUT2D eigenvalue weighted by Crippen LogP contribution is 2.46. The molecule has 1 atom stereocenters. The largest absolute Gasteiger partial charge is 0.507 e. The van der Waals surface area contributed by atoms with E-state index in [1.165, 1.54) is 0 Å². The van der Waals surface area contributed by atoms with E-state index < -0.39 is 6.04 Å². The molecule has 0 bridgehead atoms. The normalized spacial score (nSPS) is 15.2. The number of amides is 1. The summed E-state index contributed by atoms with van der Waals surface area (Å²) in [5.74, 6) is 0.296. The van der Waals surface area contributed by atoms with E-state index in [0.717, 1.165) is 30.4 Å². The second-order valence-corrected chi connectivity index (χ2v) is 8.65. The zero-order valence-electron chi connectivity index (χ0n) is 19.0. The van der Waals surface area contributed by atoms with Crippen LogP contribution in [0.1, 0.15) is 66.3 Å². The Labute approximate surface area is 198 Å². The van der Waals surface area contributed by atoms with Crippen LogP contribution in [-0.2, 0) is 0 Å². The van der Waals surface area contributed by atoms with E-state index in [-0.39, 0.29) is 17.4 Å². The van der Waals surface area contributed by atoms with E-state index in [1.807, 2.05) is 18.7 Å². The number of hydrogen-bond donors (Lipinski definition) is 3. The van der Waals surface area contributed by atoms with Crippen molar-refractivity contribution < 1.29 is 19.7 Å². The SMILES string of the molecule is CCCCCN1C(=O)c2[nH]nc(-c3cc(Cl)c(C)cc3O)c2C1c1ccc(O)c(OCC)c1. The van der Waals surface area contributed by atoms with Gasteiger partial charge in [-0.25, -0.2) is 0 Å². The lowest BCUT2D eigenvalue weighted by atomic mass is 9.95. The molecule has 0 saturated carbocycles. The molecular weight excluding hydrogens is 442 g/mol. The quantitative estimate of drug-likeness (QED) is 0.374. The molecule has 1 unspecified atom stereocenters. The van der Waals surface area contributed by atoms with E-state index >= 15 is 0 Å². The number of phenols is 2. The van der Waals surface area contributed by atoms with E-state index in [4.69, 9.17) is 16.3 Å². The van der Waals surface area contributed by atoms with Gasteiger partial charge >= 0.3 is 0 Å². The molecule has 7 nitrogen and oxygen atoms in total. The van der Waals surface area contributed by atoms with Gasteiger partial charge in [0, 0.05) is 22.7 Å². The van der Waals surface area contributed by atoms with Crippen molar-refractivity contribution in [3.05, 3.63) is 57.7 Å². The van der Waals surface area contributed by atoms with Crippen molar-refractivity contribution in [2.45, 2.75) is 46.1 Å². The number of aromatic hydroxyl groups is 2. The lowest BCUT2D eigenvalue weighted by molar-refractivity contribution is 0.0740. The van der Waals surface area contributed by atoms with Crippen molar-refractivity contribution in [1.82, 2.24) is 15.1 Å². The van der Waals surface area contributed by atoms with Gasteiger partial charge in [-0.1, -0.05) is 37.4 Å². The van der Waals surface area contributed by atoms with Crippen LogP contribution < -0.4 is 4.74 Å². The molecule has 3 N–H and O–H groups in total. The number of rotatable bonds is 8. The summed E-state index contributed by atoms with van der Waals surface area (Å²) in [7, 11) is 0. The minimum Gasteiger partial charge on any atom is -0.507 e. The Kier molecular flexibility index (Phi) is 6.51. The maximum absolute atomic E-state index is 13.4. The number of unbranched alkanes of at least 4 members (excludes halogenated alkanes) is 2. The van der Waals surface area contributed by atoms with Crippen molar-refractivity contribution >= 4 is 17.5 Å². The van der Waals surface area contributed by atoms with Crippen molar-refractivity contribution in [1.29, 1.82) is 0 Å². The van der Waals surface area contributed by atoms with Crippen LogP contribution in [-0.4, -0.2) is 44.4 Å². The molecule has 8 heteroatoms. The fraction of sp³-hybridized carbons (Fsp3) is 0.360. The lowest BCUT2D eigenvalue weighted by Gasteiger charge is -2.27. The van der Waals surface area contributed by atoms with Gasteiger partial charge in [-0.2, -0.15) is 5.10 Å². The molecule has 0 fully saturated rings. The first-order valence-corrected chi connectivity index (χ1v) is 11.6. The molecule has 1 aromatic heterocycles. The zero-order chi connectivity index (χ0) is 23.7. The summed E-state index contributed by atoms with van der Waals surface area (Å²) in [6, 6.07) is 7.95. The summed E-state index contributed by atoms with van der Waals surface area (Å²) in [5.41, 5.74) is 3.55. The number of carbonyl (C=O) groups is 1. The highest BCUT2D eigenvalue weighted by molar-refractivity contribution is 6.31. The first-order chi connectivity index (χ1) is 15.9. The number of carbonyl (C=O) groups excluding carboxylic acids is 1. The number of aromatic amines is 1. The number of aromatic nitrogens is 2. The fourth-order valence-electron chi connectivity index (χ4n) is 4.34. The summed E-state index contributed by atoms with van der Waals surface area (Å²) >= 11 is 6.35. The zero-order valence-corrected chi connectivity index (χ0v) is 19.7. The molecule has 174 valence electrons. The summed E-state index contributed by atoms with van der Waals surface area (Å²) in [6.45, 7) is 6.75. The van der Waals surface area contributed by atoms with E-state index in [1.54, 1.807) is 30.3 Å². The molecule has 1 aliphatic heterocycles. The van der Waals surface area contributed by atoms with Crippen molar-refractivity contribution in [3.8, 4) is 28.5 Å². The summed E-state index contributed by atoms with van der Waals surface area (Å²) in [6.07, 6.45) is 2.90. The van der Waals surface area contributed by atoms with Crippen LogP contribution in [0.15, 0.2) is 30.3 Å². The Morgan fingerprint density at radius 1 is 1.15 bits per heavy atom. The smallest absolute Gasteiger partial charge is 0.273 e. The molecule has 3 aromatic rings. The Morgan fingerprint density at radius 3 is 2.67 bits per heavy atom. The average Bonchev–Trinajstić information content (AvgIpc) is 3.32. The monoisotopic (exact) mass is 469 g/mol. The van der Waals surface area contributed by atoms with Crippen LogP contribution in [0.2, 0.25) is 5.02 Å². The number of benzene rings is 2. The Balaban J connectivity index is 1.87. The second kappa shape index (κ2) is 9.35. The number of fused-ring (bicyclic) bond motifs is 1. The van der Waals surface area contributed by atoms with Crippen LogP contribution in [0.4, 0.5) is 0 Å². The number of nitrogens with zero attached hydrogens (tertiary/aromatic N) is 2. The lowest BCUT2D eigenvalue weighted by Crippen LogP contribution is -2.30. The Morgan fingerprint density at radius 2 is 1.94 bits per heavy atom. The second-order valence-electron chi connectivity index (χ2n) is 8.25. The molecule has 2 heterocycles. The third kappa shape index (κ3) is 4.13. The molecule has 33 heavy (non-hydrogen) atoms. The third-order valence-electron chi connectivity index (χ3n) is 6.00. The summed E-state index contributed by atoms with van der Waals surface area (Å²) in [4.78, 5) is 15.2. The van der Waals surface area contributed by atoms with Crippen LogP contribution in [0.5, 0.6) is 17.2 Å². The molecule has 1 aliphatic rings. The van der Waals surface area contributed by atoms with Crippen LogP contribution in [0.25, 0.3) is 11.3 Å².